The predicted molar refractivity (Wildman–Crippen MR) is 97.0 cm³/mol. The first-order chi connectivity index (χ1) is 11.2. The number of anilines is 1. The number of Topliss-reactive ketones (excluding diaryl/α,β-unsaturated/α-hetero) is 1. The van der Waals surface area contributed by atoms with Gasteiger partial charge in [0.15, 0.2) is 5.78 Å². The Balaban J connectivity index is 2.28. The summed E-state index contributed by atoms with van der Waals surface area (Å²) in [5, 5.41) is 12.3. The number of rotatable bonds is 3. The molecule has 0 radical (unpaired) electrons. The fourth-order valence-corrected chi connectivity index (χ4v) is 4.35. The molecule has 0 aromatic heterocycles. The van der Waals surface area contributed by atoms with E-state index in [0.717, 1.165) is 0 Å². The molecule has 1 aliphatic rings. The highest BCUT2D eigenvalue weighted by Crippen LogP contribution is 2.46. The second-order valence-corrected chi connectivity index (χ2v) is 8.63. The maximum absolute atomic E-state index is 12.8. The molecule has 2 rings (SSSR count). The summed E-state index contributed by atoms with van der Waals surface area (Å²) in [7, 11) is 0. The van der Waals surface area contributed by atoms with E-state index in [9.17, 15) is 14.9 Å². The van der Waals surface area contributed by atoms with Gasteiger partial charge < -0.3 is 5.32 Å². The Morgan fingerprint density at radius 3 is 2.58 bits per heavy atom. The highest BCUT2D eigenvalue weighted by Gasteiger charge is 2.50. The first-order valence-corrected chi connectivity index (χ1v) is 8.83. The zero-order valence-electron chi connectivity index (χ0n) is 14.7. The van der Waals surface area contributed by atoms with Crippen LogP contribution in [0.4, 0.5) is 10.5 Å². The molecule has 1 aromatic rings. The van der Waals surface area contributed by atoms with Crippen LogP contribution in [0.2, 0.25) is 0 Å². The smallest absolute Gasteiger partial charge is 0.308 e. The van der Waals surface area contributed by atoms with Crippen LogP contribution in [0.5, 0.6) is 0 Å². The Kier molecular flexibility index (Phi) is 5.24. The molecule has 128 valence electrons. The third-order valence-corrected chi connectivity index (χ3v) is 5.93. The van der Waals surface area contributed by atoms with Crippen molar-refractivity contribution in [2.45, 2.75) is 50.8 Å². The van der Waals surface area contributed by atoms with Crippen molar-refractivity contribution >= 4 is 29.3 Å². The normalized spacial score (nSPS) is 22.3. The van der Waals surface area contributed by atoms with Gasteiger partial charge in [-0.1, -0.05) is 26.0 Å². The molecule has 0 aliphatic carbocycles. The van der Waals surface area contributed by atoms with E-state index in [1.54, 1.807) is 40.9 Å². The van der Waals surface area contributed by atoms with Crippen molar-refractivity contribution in [3.05, 3.63) is 29.8 Å². The van der Waals surface area contributed by atoms with E-state index in [0.29, 0.717) is 11.3 Å². The van der Waals surface area contributed by atoms with E-state index in [2.05, 4.69) is 11.4 Å². The summed E-state index contributed by atoms with van der Waals surface area (Å²) in [6.07, 6.45) is 0. The van der Waals surface area contributed by atoms with Crippen LogP contribution in [0.15, 0.2) is 24.3 Å². The van der Waals surface area contributed by atoms with E-state index in [1.165, 1.54) is 6.92 Å². The fourth-order valence-electron chi connectivity index (χ4n) is 2.83. The van der Waals surface area contributed by atoms with E-state index in [4.69, 9.17) is 0 Å². The zero-order chi connectivity index (χ0) is 18.1. The molecular weight excluding hydrogens is 322 g/mol. The number of amides is 2. The van der Waals surface area contributed by atoms with Gasteiger partial charge in [0.2, 0.25) is 0 Å². The van der Waals surface area contributed by atoms with Crippen LogP contribution in [0.3, 0.4) is 0 Å². The number of benzene rings is 1. The van der Waals surface area contributed by atoms with Gasteiger partial charge in [0, 0.05) is 16.0 Å². The van der Waals surface area contributed by atoms with E-state index in [-0.39, 0.29) is 27.9 Å². The van der Waals surface area contributed by atoms with Crippen LogP contribution in [-0.2, 0) is 0 Å². The molecule has 1 fully saturated rings. The van der Waals surface area contributed by atoms with Gasteiger partial charge in [0.1, 0.15) is 6.04 Å². The molecule has 1 aliphatic heterocycles. The van der Waals surface area contributed by atoms with E-state index in [1.807, 2.05) is 27.7 Å². The summed E-state index contributed by atoms with van der Waals surface area (Å²) >= 11 is 1.65. The van der Waals surface area contributed by atoms with Gasteiger partial charge in [-0.25, -0.2) is 4.79 Å². The molecule has 1 N–H and O–H groups in total. The van der Waals surface area contributed by atoms with Crippen molar-refractivity contribution in [1.82, 2.24) is 4.90 Å². The van der Waals surface area contributed by atoms with Crippen molar-refractivity contribution in [3.63, 3.8) is 0 Å². The molecule has 0 spiro atoms. The summed E-state index contributed by atoms with van der Waals surface area (Å²) in [6.45, 7) is 9.56. The summed E-state index contributed by atoms with van der Waals surface area (Å²) in [5.74, 6) is 0.167. The lowest BCUT2D eigenvalue weighted by atomic mass is 10.0. The summed E-state index contributed by atoms with van der Waals surface area (Å²) < 4.78 is -0.331. The van der Waals surface area contributed by atoms with Gasteiger partial charge in [-0.05, 0) is 38.8 Å². The number of hydrogen-bond donors (Lipinski definition) is 1. The van der Waals surface area contributed by atoms with Crippen molar-refractivity contribution in [3.8, 4) is 6.07 Å². The van der Waals surface area contributed by atoms with Gasteiger partial charge in [0.25, 0.3) is 0 Å². The highest BCUT2D eigenvalue weighted by molar-refractivity contribution is 8.01. The number of nitrogens with zero attached hydrogens (tertiary/aromatic N) is 2. The lowest BCUT2D eigenvalue weighted by molar-refractivity contribution is 0.101. The van der Waals surface area contributed by atoms with Crippen LogP contribution in [0.1, 0.15) is 45.0 Å². The van der Waals surface area contributed by atoms with Crippen molar-refractivity contribution < 1.29 is 9.59 Å². The number of nitrogens with one attached hydrogen (secondary N) is 1. The fraction of sp³-hybridized carbons (Fsp3) is 0.500. The Bertz CT molecular complexity index is 694. The van der Waals surface area contributed by atoms with E-state index >= 15 is 0 Å². The quantitative estimate of drug-likeness (QED) is 0.836. The first-order valence-electron chi connectivity index (χ1n) is 7.95. The monoisotopic (exact) mass is 345 g/mol. The van der Waals surface area contributed by atoms with Crippen LogP contribution in [0, 0.1) is 17.2 Å². The number of ketones is 1. The Morgan fingerprint density at radius 1 is 1.38 bits per heavy atom. The minimum absolute atomic E-state index is 0.0566. The maximum Gasteiger partial charge on any atom is 0.323 e. The largest absolute Gasteiger partial charge is 0.323 e. The summed E-state index contributed by atoms with van der Waals surface area (Å²) in [4.78, 5) is 26.0. The Hall–Kier alpha value is -2.00. The Morgan fingerprint density at radius 2 is 2.04 bits per heavy atom. The molecule has 24 heavy (non-hydrogen) atoms. The average molecular weight is 345 g/mol. The van der Waals surface area contributed by atoms with Gasteiger partial charge in [-0.2, -0.15) is 5.26 Å². The molecule has 1 aromatic carbocycles. The van der Waals surface area contributed by atoms with E-state index < -0.39 is 6.04 Å². The van der Waals surface area contributed by atoms with Crippen LogP contribution < -0.4 is 5.32 Å². The molecule has 0 bridgehead atoms. The number of carbonyl (C=O) groups is 2. The molecule has 0 saturated carbocycles. The number of urea groups is 1. The number of hydrogen-bond acceptors (Lipinski definition) is 4. The molecule has 2 amide bonds. The molecule has 1 heterocycles. The highest BCUT2D eigenvalue weighted by atomic mass is 32.2. The molecule has 1 saturated heterocycles. The minimum atomic E-state index is -0.508. The Labute approximate surface area is 147 Å². The molecular formula is C18H23N3O2S. The second kappa shape index (κ2) is 6.86. The third kappa shape index (κ3) is 3.57. The number of nitriles is 1. The maximum atomic E-state index is 12.8. The van der Waals surface area contributed by atoms with Gasteiger partial charge in [-0.3, -0.25) is 9.69 Å². The number of carbonyl (C=O) groups excluding carboxylic acids is 2. The molecule has 2 unspecified atom stereocenters. The lowest BCUT2D eigenvalue weighted by Crippen LogP contribution is -2.48. The van der Waals surface area contributed by atoms with Crippen LogP contribution in [0.25, 0.3) is 0 Å². The van der Waals surface area contributed by atoms with Gasteiger partial charge >= 0.3 is 6.03 Å². The molecule has 5 nitrogen and oxygen atoms in total. The first kappa shape index (κ1) is 18.3. The molecule has 6 heteroatoms. The zero-order valence-corrected chi connectivity index (χ0v) is 15.5. The standard InChI is InChI=1S/C18H23N3O2S/c1-11(2)16-21(15(10-19)18(4,5)24-16)17(23)20-14-8-6-7-13(9-14)12(3)22/h6-9,11,15-16H,1-5H3,(H,20,23). The predicted octanol–water partition coefficient (Wildman–Crippen LogP) is 4.12. The van der Waals surface area contributed by atoms with Crippen molar-refractivity contribution in [2.24, 2.45) is 5.92 Å². The SMILES string of the molecule is CC(=O)c1cccc(NC(=O)N2C(C(C)C)SC(C)(C)C2C#N)c1. The van der Waals surface area contributed by atoms with Crippen molar-refractivity contribution in [1.29, 1.82) is 5.26 Å². The summed E-state index contributed by atoms with van der Waals surface area (Å²) in [6, 6.07) is 8.30. The van der Waals surface area contributed by atoms with Crippen LogP contribution in [-0.4, -0.2) is 32.9 Å². The van der Waals surface area contributed by atoms with Crippen molar-refractivity contribution in [2.75, 3.05) is 5.32 Å². The molecule has 2 atom stereocenters. The van der Waals surface area contributed by atoms with Gasteiger partial charge in [-0.15, -0.1) is 11.8 Å². The summed E-state index contributed by atoms with van der Waals surface area (Å²) in [5.41, 5.74) is 1.10. The third-order valence-electron chi connectivity index (χ3n) is 4.08. The van der Waals surface area contributed by atoms with Gasteiger partial charge in [0.05, 0.1) is 11.4 Å². The average Bonchev–Trinajstić information content (AvgIpc) is 2.78. The second-order valence-electron chi connectivity index (χ2n) is 6.86. The van der Waals surface area contributed by atoms with Crippen LogP contribution >= 0.6 is 11.8 Å². The lowest BCUT2D eigenvalue weighted by Gasteiger charge is -2.29. The number of thioether (sulfide) groups is 1. The minimum Gasteiger partial charge on any atom is -0.308 e. The topological polar surface area (TPSA) is 73.2 Å².